The van der Waals surface area contributed by atoms with Gasteiger partial charge in [0.25, 0.3) is 0 Å². The average molecular weight is 307 g/mol. The first-order valence-corrected chi connectivity index (χ1v) is 6.84. The molecule has 0 amide bonds. The summed E-state index contributed by atoms with van der Waals surface area (Å²) in [6.07, 6.45) is 0. The molecule has 0 radical (unpaired) electrons. The quantitative estimate of drug-likeness (QED) is 0.734. The molecule has 0 saturated heterocycles. The maximum atomic E-state index is 6.01. The fourth-order valence-corrected chi connectivity index (χ4v) is 2.43. The van der Waals surface area contributed by atoms with E-state index in [1.54, 1.807) is 19.2 Å². The van der Waals surface area contributed by atoms with Gasteiger partial charge in [-0.25, -0.2) is 4.98 Å². The number of fused-ring (bicyclic) bond motifs is 1. The summed E-state index contributed by atoms with van der Waals surface area (Å²) in [5, 5.41) is 1.01. The van der Waals surface area contributed by atoms with Crippen LogP contribution in [-0.4, -0.2) is 17.1 Å². The highest BCUT2D eigenvalue weighted by atomic mass is 35.5. The highest BCUT2D eigenvalue weighted by molar-refractivity contribution is 6.42. The highest BCUT2D eigenvalue weighted by Gasteiger charge is 2.09. The molecule has 20 heavy (non-hydrogen) atoms. The Morgan fingerprint density at radius 3 is 2.60 bits per heavy atom. The fourth-order valence-electron chi connectivity index (χ4n) is 2.11. The molecule has 0 spiro atoms. The summed E-state index contributed by atoms with van der Waals surface area (Å²) < 4.78 is 5.34. The summed E-state index contributed by atoms with van der Waals surface area (Å²) in [6.45, 7) is 2.00. The van der Waals surface area contributed by atoms with Crippen LogP contribution in [0.1, 0.15) is 5.56 Å². The lowest BCUT2D eigenvalue weighted by Gasteiger charge is -2.05. The number of benzene rings is 2. The van der Waals surface area contributed by atoms with E-state index in [-0.39, 0.29) is 0 Å². The van der Waals surface area contributed by atoms with Gasteiger partial charge in [-0.2, -0.15) is 0 Å². The maximum Gasteiger partial charge on any atom is 0.138 e. The topological polar surface area (TPSA) is 37.9 Å². The molecule has 3 rings (SSSR count). The standard InChI is InChI=1S/C15H12Cl2N2O/c1-8-3-4-9(5-14(8)20-2)15-18-12-6-10(16)11(17)7-13(12)19-15/h3-7H,1-2H3,(H,18,19). The Morgan fingerprint density at radius 2 is 1.85 bits per heavy atom. The monoisotopic (exact) mass is 306 g/mol. The van der Waals surface area contributed by atoms with Crippen LogP contribution in [-0.2, 0) is 0 Å². The summed E-state index contributed by atoms with van der Waals surface area (Å²) in [7, 11) is 1.66. The van der Waals surface area contributed by atoms with Gasteiger partial charge in [0.2, 0.25) is 0 Å². The van der Waals surface area contributed by atoms with Gasteiger partial charge in [0.1, 0.15) is 11.6 Å². The van der Waals surface area contributed by atoms with Crippen molar-refractivity contribution < 1.29 is 4.74 Å². The first kappa shape index (κ1) is 13.3. The molecule has 0 atom stereocenters. The minimum absolute atomic E-state index is 0.499. The van der Waals surface area contributed by atoms with Crippen LogP contribution in [0.5, 0.6) is 5.75 Å². The Balaban J connectivity index is 2.14. The molecule has 0 bridgehead atoms. The third-order valence-electron chi connectivity index (χ3n) is 3.21. The molecule has 0 aliphatic heterocycles. The van der Waals surface area contributed by atoms with Crippen molar-refractivity contribution in [2.45, 2.75) is 6.92 Å². The molecule has 0 saturated carbocycles. The van der Waals surface area contributed by atoms with Gasteiger partial charge >= 0.3 is 0 Å². The molecule has 102 valence electrons. The van der Waals surface area contributed by atoms with E-state index in [1.165, 1.54) is 0 Å². The number of nitrogens with zero attached hydrogens (tertiary/aromatic N) is 1. The minimum Gasteiger partial charge on any atom is -0.496 e. The summed E-state index contributed by atoms with van der Waals surface area (Å²) in [5.41, 5.74) is 3.68. The van der Waals surface area contributed by atoms with Crippen molar-refractivity contribution in [1.29, 1.82) is 0 Å². The maximum absolute atomic E-state index is 6.01. The van der Waals surface area contributed by atoms with Crippen molar-refractivity contribution in [3.63, 3.8) is 0 Å². The molecule has 5 heteroatoms. The van der Waals surface area contributed by atoms with E-state index >= 15 is 0 Å². The predicted octanol–water partition coefficient (Wildman–Crippen LogP) is 4.85. The van der Waals surface area contributed by atoms with Crippen molar-refractivity contribution in [2.75, 3.05) is 7.11 Å². The Kier molecular flexibility index (Phi) is 3.32. The summed E-state index contributed by atoms with van der Waals surface area (Å²) in [5.74, 6) is 1.59. The zero-order chi connectivity index (χ0) is 14.3. The lowest BCUT2D eigenvalue weighted by molar-refractivity contribution is 0.412. The van der Waals surface area contributed by atoms with Gasteiger partial charge in [-0.05, 0) is 30.7 Å². The molecule has 1 aromatic heterocycles. The number of aromatic amines is 1. The predicted molar refractivity (Wildman–Crippen MR) is 82.8 cm³/mol. The molecular weight excluding hydrogens is 295 g/mol. The van der Waals surface area contributed by atoms with Crippen molar-refractivity contribution >= 4 is 34.2 Å². The Bertz CT molecular complexity index is 757. The summed E-state index contributed by atoms with van der Waals surface area (Å²) in [6, 6.07) is 9.49. The number of imidazole rings is 1. The van der Waals surface area contributed by atoms with Crippen LogP contribution in [0.25, 0.3) is 22.4 Å². The van der Waals surface area contributed by atoms with E-state index in [2.05, 4.69) is 9.97 Å². The van der Waals surface area contributed by atoms with E-state index < -0.39 is 0 Å². The number of halogens is 2. The van der Waals surface area contributed by atoms with Crippen molar-refractivity contribution in [3.8, 4) is 17.1 Å². The smallest absolute Gasteiger partial charge is 0.138 e. The van der Waals surface area contributed by atoms with Crippen LogP contribution in [0.3, 0.4) is 0 Å². The van der Waals surface area contributed by atoms with Gasteiger partial charge in [0, 0.05) is 5.56 Å². The average Bonchev–Trinajstić information content (AvgIpc) is 2.82. The first-order chi connectivity index (χ1) is 9.58. The van der Waals surface area contributed by atoms with E-state index in [0.29, 0.717) is 10.0 Å². The zero-order valence-electron chi connectivity index (χ0n) is 11.0. The molecule has 1 N–H and O–H groups in total. The number of hydrogen-bond donors (Lipinski definition) is 1. The van der Waals surface area contributed by atoms with Crippen LogP contribution >= 0.6 is 23.2 Å². The molecule has 0 unspecified atom stereocenters. The number of nitrogens with one attached hydrogen (secondary N) is 1. The molecule has 3 nitrogen and oxygen atoms in total. The van der Waals surface area contributed by atoms with E-state index in [0.717, 1.165) is 33.7 Å². The zero-order valence-corrected chi connectivity index (χ0v) is 12.5. The molecule has 0 aliphatic rings. The van der Waals surface area contributed by atoms with Gasteiger partial charge in [-0.1, -0.05) is 35.3 Å². The van der Waals surface area contributed by atoms with E-state index in [9.17, 15) is 0 Å². The van der Waals surface area contributed by atoms with Gasteiger partial charge in [0.15, 0.2) is 0 Å². The first-order valence-electron chi connectivity index (χ1n) is 6.08. The highest BCUT2D eigenvalue weighted by Crippen LogP contribution is 2.30. The molecule has 0 fully saturated rings. The van der Waals surface area contributed by atoms with Gasteiger partial charge in [-0.3, -0.25) is 0 Å². The lowest BCUT2D eigenvalue weighted by Crippen LogP contribution is -1.88. The van der Waals surface area contributed by atoms with Gasteiger partial charge in [0.05, 0.1) is 28.2 Å². The van der Waals surface area contributed by atoms with Crippen molar-refractivity contribution in [3.05, 3.63) is 45.9 Å². The molecule has 1 heterocycles. The van der Waals surface area contributed by atoms with Crippen LogP contribution in [0.15, 0.2) is 30.3 Å². The summed E-state index contributed by atoms with van der Waals surface area (Å²) >= 11 is 12.0. The molecule has 3 aromatic rings. The largest absolute Gasteiger partial charge is 0.496 e. The third-order valence-corrected chi connectivity index (χ3v) is 3.93. The van der Waals surface area contributed by atoms with Crippen molar-refractivity contribution in [1.82, 2.24) is 9.97 Å². The van der Waals surface area contributed by atoms with Crippen LogP contribution in [0.2, 0.25) is 10.0 Å². The number of ether oxygens (including phenoxy) is 1. The number of H-pyrrole nitrogens is 1. The number of aryl methyl sites for hydroxylation is 1. The second-order valence-corrected chi connectivity index (χ2v) is 5.37. The normalized spacial score (nSPS) is 11.0. The number of rotatable bonds is 2. The number of aromatic nitrogens is 2. The molecule has 0 aliphatic carbocycles. The van der Waals surface area contributed by atoms with E-state index in [1.807, 2.05) is 25.1 Å². The minimum atomic E-state index is 0.499. The second kappa shape index (κ2) is 5.00. The van der Waals surface area contributed by atoms with Crippen LogP contribution in [0.4, 0.5) is 0 Å². The molecular formula is C15H12Cl2N2O. The Labute approximate surface area is 126 Å². The fraction of sp³-hybridized carbons (Fsp3) is 0.133. The van der Waals surface area contributed by atoms with E-state index in [4.69, 9.17) is 27.9 Å². The Morgan fingerprint density at radius 1 is 1.10 bits per heavy atom. The third kappa shape index (κ3) is 2.23. The number of hydrogen-bond acceptors (Lipinski definition) is 2. The van der Waals surface area contributed by atoms with Crippen molar-refractivity contribution in [2.24, 2.45) is 0 Å². The molecule has 2 aromatic carbocycles. The van der Waals surface area contributed by atoms with Gasteiger partial charge < -0.3 is 9.72 Å². The lowest BCUT2D eigenvalue weighted by atomic mass is 10.1. The van der Waals surface area contributed by atoms with Crippen LogP contribution in [0, 0.1) is 6.92 Å². The Hall–Kier alpha value is -1.71. The van der Waals surface area contributed by atoms with Crippen LogP contribution < -0.4 is 4.74 Å². The van der Waals surface area contributed by atoms with Gasteiger partial charge in [-0.15, -0.1) is 0 Å². The number of methoxy groups -OCH3 is 1. The summed E-state index contributed by atoms with van der Waals surface area (Å²) in [4.78, 5) is 7.78. The second-order valence-electron chi connectivity index (χ2n) is 4.55. The SMILES string of the molecule is COc1cc(-c2nc3cc(Cl)c(Cl)cc3[nH]2)ccc1C.